The summed E-state index contributed by atoms with van der Waals surface area (Å²) in [7, 11) is 1.61. The van der Waals surface area contributed by atoms with Crippen LogP contribution in [-0.2, 0) is 0 Å². The Morgan fingerprint density at radius 2 is 1.89 bits per heavy atom. The van der Waals surface area contributed by atoms with Gasteiger partial charge in [-0.25, -0.2) is 0 Å². The molecule has 2 aromatic rings. The number of hydrogen-bond donors (Lipinski definition) is 1. The number of ether oxygens (including phenoxy) is 1. The molecule has 0 bridgehead atoms. The van der Waals surface area contributed by atoms with Gasteiger partial charge in [-0.05, 0) is 30.7 Å². The van der Waals surface area contributed by atoms with E-state index in [2.05, 4.69) is 17.2 Å². The maximum Gasteiger partial charge on any atom is 0.214 e. The number of pyridine rings is 1. The third kappa shape index (κ3) is 3.14. The van der Waals surface area contributed by atoms with Crippen molar-refractivity contribution in [2.24, 2.45) is 0 Å². The van der Waals surface area contributed by atoms with Crippen molar-refractivity contribution in [1.29, 1.82) is 0 Å². The lowest BCUT2D eigenvalue weighted by Gasteiger charge is -2.15. The molecule has 2 rings (SSSR count). The molecule has 1 atom stereocenters. The molecule has 0 spiro atoms. The Morgan fingerprint density at radius 1 is 1.17 bits per heavy atom. The molecule has 4 heteroatoms. The molecular formula is C14H15ClN2O. The van der Waals surface area contributed by atoms with Crippen molar-refractivity contribution < 1.29 is 4.74 Å². The molecular weight excluding hydrogens is 248 g/mol. The molecule has 0 saturated heterocycles. The van der Waals surface area contributed by atoms with Crippen LogP contribution in [0.15, 0.2) is 42.5 Å². The summed E-state index contributed by atoms with van der Waals surface area (Å²) in [6.45, 7) is 2.07. The molecule has 94 valence electrons. The highest BCUT2D eigenvalue weighted by molar-refractivity contribution is 6.30. The van der Waals surface area contributed by atoms with Crippen molar-refractivity contribution in [3.8, 4) is 5.88 Å². The molecule has 1 aromatic carbocycles. The van der Waals surface area contributed by atoms with Crippen molar-refractivity contribution in [3.63, 3.8) is 0 Å². The summed E-state index contributed by atoms with van der Waals surface area (Å²) >= 11 is 5.87. The molecule has 0 fully saturated rings. The van der Waals surface area contributed by atoms with Gasteiger partial charge in [-0.15, -0.1) is 0 Å². The number of anilines is 1. The zero-order valence-corrected chi connectivity index (χ0v) is 11.1. The van der Waals surface area contributed by atoms with Crippen molar-refractivity contribution in [2.75, 3.05) is 12.4 Å². The Morgan fingerprint density at radius 3 is 2.56 bits per heavy atom. The Bertz CT molecular complexity index is 513. The van der Waals surface area contributed by atoms with Crippen LogP contribution < -0.4 is 10.1 Å². The summed E-state index contributed by atoms with van der Waals surface area (Å²) < 4.78 is 5.09. The van der Waals surface area contributed by atoms with Gasteiger partial charge in [0, 0.05) is 17.1 Å². The summed E-state index contributed by atoms with van der Waals surface area (Å²) in [5.41, 5.74) is 1.16. The fourth-order valence-corrected chi connectivity index (χ4v) is 1.79. The number of rotatable bonds is 4. The minimum Gasteiger partial charge on any atom is -0.481 e. The van der Waals surface area contributed by atoms with Crippen LogP contribution in [0, 0.1) is 0 Å². The molecule has 18 heavy (non-hydrogen) atoms. The normalized spacial score (nSPS) is 11.9. The molecule has 1 unspecified atom stereocenters. The van der Waals surface area contributed by atoms with Gasteiger partial charge in [0.15, 0.2) is 0 Å². The van der Waals surface area contributed by atoms with Crippen LogP contribution in [0.2, 0.25) is 5.02 Å². The fourth-order valence-electron chi connectivity index (χ4n) is 1.67. The van der Waals surface area contributed by atoms with Gasteiger partial charge < -0.3 is 10.1 Å². The van der Waals surface area contributed by atoms with Gasteiger partial charge in [0.1, 0.15) is 5.82 Å². The van der Waals surface area contributed by atoms with E-state index in [0.717, 1.165) is 16.4 Å². The van der Waals surface area contributed by atoms with Crippen LogP contribution in [-0.4, -0.2) is 12.1 Å². The van der Waals surface area contributed by atoms with E-state index in [-0.39, 0.29) is 6.04 Å². The lowest BCUT2D eigenvalue weighted by Crippen LogP contribution is -2.07. The zero-order chi connectivity index (χ0) is 13.0. The second-order valence-corrected chi connectivity index (χ2v) is 4.42. The summed E-state index contributed by atoms with van der Waals surface area (Å²) in [5.74, 6) is 1.39. The number of benzene rings is 1. The molecule has 0 aliphatic heterocycles. The lowest BCUT2D eigenvalue weighted by molar-refractivity contribution is 0.398. The first-order valence-corrected chi connectivity index (χ1v) is 6.10. The van der Waals surface area contributed by atoms with Gasteiger partial charge in [0.2, 0.25) is 5.88 Å². The standard InChI is InChI=1S/C14H15ClN2O/c1-10(11-6-8-12(15)9-7-11)16-13-4-3-5-14(17-13)18-2/h3-10H,1-2H3,(H,16,17). The monoisotopic (exact) mass is 262 g/mol. The second-order valence-electron chi connectivity index (χ2n) is 3.98. The van der Waals surface area contributed by atoms with E-state index in [4.69, 9.17) is 16.3 Å². The van der Waals surface area contributed by atoms with Gasteiger partial charge >= 0.3 is 0 Å². The first-order valence-electron chi connectivity index (χ1n) is 5.72. The molecule has 0 saturated carbocycles. The minimum absolute atomic E-state index is 0.155. The SMILES string of the molecule is COc1cccc(NC(C)c2ccc(Cl)cc2)n1. The predicted molar refractivity (Wildman–Crippen MR) is 74.3 cm³/mol. The number of methoxy groups -OCH3 is 1. The number of aromatic nitrogens is 1. The van der Waals surface area contributed by atoms with Crippen molar-refractivity contribution in [3.05, 3.63) is 53.1 Å². The summed E-state index contributed by atoms with van der Waals surface area (Å²) in [6, 6.07) is 13.6. The van der Waals surface area contributed by atoms with Crippen molar-refractivity contribution >= 4 is 17.4 Å². The van der Waals surface area contributed by atoms with Gasteiger partial charge in [0.05, 0.1) is 7.11 Å². The summed E-state index contributed by atoms with van der Waals surface area (Å²) in [6.07, 6.45) is 0. The summed E-state index contributed by atoms with van der Waals surface area (Å²) in [4.78, 5) is 4.31. The molecule has 1 aromatic heterocycles. The average molecular weight is 263 g/mol. The van der Waals surface area contributed by atoms with Crippen LogP contribution in [0.3, 0.4) is 0 Å². The molecule has 3 nitrogen and oxygen atoms in total. The zero-order valence-electron chi connectivity index (χ0n) is 10.4. The van der Waals surface area contributed by atoms with Gasteiger partial charge in [-0.2, -0.15) is 4.98 Å². The fraction of sp³-hybridized carbons (Fsp3) is 0.214. The quantitative estimate of drug-likeness (QED) is 0.907. The van der Waals surface area contributed by atoms with E-state index in [0.29, 0.717) is 5.88 Å². The van der Waals surface area contributed by atoms with E-state index >= 15 is 0 Å². The second kappa shape index (κ2) is 5.74. The number of nitrogens with one attached hydrogen (secondary N) is 1. The maximum absolute atomic E-state index is 5.87. The topological polar surface area (TPSA) is 34.1 Å². The van der Waals surface area contributed by atoms with E-state index in [1.807, 2.05) is 42.5 Å². The summed E-state index contributed by atoms with van der Waals surface area (Å²) in [5, 5.41) is 4.06. The van der Waals surface area contributed by atoms with E-state index in [1.54, 1.807) is 7.11 Å². The highest BCUT2D eigenvalue weighted by atomic mass is 35.5. The molecule has 0 radical (unpaired) electrons. The number of hydrogen-bond acceptors (Lipinski definition) is 3. The first-order chi connectivity index (χ1) is 8.69. The van der Waals surface area contributed by atoms with Crippen molar-refractivity contribution in [1.82, 2.24) is 4.98 Å². The van der Waals surface area contributed by atoms with Crippen LogP contribution in [0.5, 0.6) is 5.88 Å². The molecule has 1 heterocycles. The van der Waals surface area contributed by atoms with Crippen molar-refractivity contribution in [2.45, 2.75) is 13.0 Å². The molecule has 0 amide bonds. The van der Waals surface area contributed by atoms with Crippen LogP contribution in [0.4, 0.5) is 5.82 Å². The Balaban J connectivity index is 2.10. The predicted octanol–water partition coefficient (Wildman–Crippen LogP) is 3.92. The number of nitrogens with zero attached hydrogens (tertiary/aromatic N) is 1. The lowest BCUT2D eigenvalue weighted by atomic mass is 10.1. The first kappa shape index (κ1) is 12.7. The third-order valence-corrected chi connectivity index (χ3v) is 2.92. The van der Waals surface area contributed by atoms with Gasteiger partial charge in [-0.3, -0.25) is 0 Å². The highest BCUT2D eigenvalue weighted by Gasteiger charge is 2.06. The van der Waals surface area contributed by atoms with E-state index in [9.17, 15) is 0 Å². The minimum atomic E-state index is 0.155. The molecule has 0 aliphatic carbocycles. The van der Waals surface area contributed by atoms with Gasteiger partial charge in [0.25, 0.3) is 0 Å². The average Bonchev–Trinajstić information content (AvgIpc) is 2.39. The molecule has 1 N–H and O–H groups in total. The van der Waals surface area contributed by atoms with Crippen LogP contribution in [0.25, 0.3) is 0 Å². The molecule has 0 aliphatic rings. The Labute approximate surface area is 112 Å². The van der Waals surface area contributed by atoms with Gasteiger partial charge in [-0.1, -0.05) is 29.8 Å². The Hall–Kier alpha value is -1.74. The highest BCUT2D eigenvalue weighted by Crippen LogP contribution is 2.20. The smallest absolute Gasteiger partial charge is 0.214 e. The number of halogens is 1. The largest absolute Gasteiger partial charge is 0.481 e. The van der Waals surface area contributed by atoms with Crippen LogP contribution >= 0.6 is 11.6 Å². The van der Waals surface area contributed by atoms with Crippen LogP contribution in [0.1, 0.15) is 18.5 Å². The Kier molecular flexibility index (Phi) is 4.05. The van der Waals surface area contributed by atoms with E-state index < -0.39 is 0 Å². The third-order valence-electron chi connectivity index (χ3n) is 2.67. The van der Waals surface area contributed by atoms with E-state index in [1.165, 1.54) is 0 Å². The maximum atomic E-state index is 5.87.